The van der Waals surface area contributed by atoms with Gasteiger partial charge in [-0.25, -0.2) is 14.6 Å². The fourth-order valence-electron chi connectivity index (χ4n) is 2.58. The minimum atomic E-state index is -4.47. The maximum Gasteiger partial charge on any atom is 0.416 e. The second kappa shape index (κ2) is 6.34. The predicted molar refractivity (Wildman–Crippen MR) is 90.7 cm³/mol. The Labute approximate surface area is 149 Å². The SMILES string of the molecule is FC(F)(F)c1ccc(-n2cncn2)c(-c2ncccc2-c2nccs2)c1. The molecular weight excluding hydrogens is 363 g/mol. The van der Waals surface area contributed by atoms with E-state index in [0.717, 1.165) is 12.1 Å². The number of benzene rings is 1. The van der Waals surface area contributed by atoms with Crippen molar-refractivity contribution < 1.29 is 13.2 Å². The molecule has 4 aromatic rings. The van der Waals surface area contributed by atoms with Crippen LogP contribution in [0.2, 0.25) is 0 Å². The van der Waals surface area contributed by atoms with Gasteiger partial charge in [-0.3, -0.25) is 4.98 Å². The second-order valence-electron chi connectivity index (χ2n) is 5.31. The second-order valence-corrected chi connectivity index (χ2v) is 6.20. The van der Waals surface area contributed by atoms with Gasteiger partial charge in [0.1, 0.15) is 17.7 Å². The Hall–Kier alpha value is -3.07. The third-order valence-corrected chi connectivity index (χ3v) is 4.52. The van der Waals surface area contributed by atoms with Crippen LogP contribution < -0.4 is 0 Å². The van der Waals surface area contributed by atoms with E-state index in [1.807, 2.05) is 0 Å². The van der Waals surface area contributed by atoms with Crippen molar-refractivity contribution in [1.82, 2.24) is 24.7 Å². The molecule has 4 rings (SSSR count). The summed E-state index contributed by atoms with van der Waals surface area (Å²) in [5, 5.41) is 6.52. The molecule has 0 aliphatic rings. The van der Waals surface area contributed by atoms with Crippen molar-refractivity contribution in [1.29, 1.82) is 0 Å². The van der Waals surface area contributed by atoms with Crippen LogP contribution in [0.5, 0.6) is 0 Å². The largest absolute Gasteiger partial charge is 0.416 e. The molecule has 3 aromatic heterocycles. The Balaban J connectivity index is 1.99. The Morgan fingerprint density at radius 2 is 1.88 bits per heavy atom. The van der Waals surface area contributed by atoms with E-state index in [1.54, 1.807) is 23.7 Å². The molecule has 0 saturated carbocycles. The molecule has 0 unspecified atom stereocenters. The molecule has 3 heterocycles. The summed E-state index contributed by atoms with van der Waals surface area (Å²) in [7, 11) is 0. The average molecular weight is 373 g/mol. The van der Waals surface area contributed by atoms with E-state index in [9.17, 15) is 13.2 Å². The molecule has 130 valence electrons. The van der Waals surface area contributed by atoms with Crippen molar-refractivity contribution in [2.45, 2.75) is 6.18 Å². The van der Waals surface area contributed by atoms with Crippen LogP contribution in [0.4, 0.5) is 13.2 Å². The number of thiazole rings is 1. The van der Waals surface area contributed by atoms with Gasteiger partial charge in [-0.2, -0.15) is 18.3 Å². The molecule has 0 saturated heterocycles. The number of hydrogen-bond acceptors (Lipinski definition) is 5. The average Bonchev–Trinajstić information content (AvgIpc) is 3.34. The molecule has 0 amide bonds. The van der Waals surface area contributed by atoms with Gasteiger partial charge in [0.25, 0.3) is 0 Å². The highest BCUT2D eigenvalue weighted by Crippen LogP contribution is 2.38. The molecule has 0 fully saturated rings. The number of nitrogens with zero attached hydrogens (tertiary/aromatic N) is 5. The van der Waals surface area contributed by atoms with Crippen LogP contribution in [0.15, 0.2) is 60.8 Å². The smallest absolute Gasteiger partial charge is 0.255 e. The lowest BCUT2D eigenvalue weighted by molar-refractivity contribution is -0.137. The third-order valence-electron chi connectivity index (χ3n) is 3.72. The Morgan fingerprint density at radius 3 is 2.58 bits per heavy atom. The molecule has 0 atom stereocenters. The summed E-state index contributed by atoms with van der Waals surface area (Å²) in [5.41, 5.74) is 1.05. The number of alkyl halides is 3. The topological polar surface area (TPSA) is 56.5 Å². The minimum Gasteiger partial charge on any atom is -0.255 e. The Morgan fingerprint density at radius 1 is 1.00 bits per heavy atom. The van der Waals surface area contributed by atoms with Crippen molar-refractivity contribution in [2.24, 2.45) is 0 Å². The molecular formula is C17H10F3N5S. The van der Waals surface area contributed by atoms with Crippen molar-refractivity contribution >= 4 is 11.3 Å². The number of aromatic nitrogens is 5. The zero-order chi connectivity index (χ0) is 18.1. The zero-order valence-electron chi connectivity index (χ0n) is 13.1. The molecule has 9 heteroatoms. The van der Waals surface area contributed by atoms with Gasteiger partial charge in [-0.1, -0.05) is 0 Å². The van der Waals surface area contributed by atoms with Crippen molar-refractivity contribution in [2.75, 3.05) is 0 Å². The maximum absolute atomic E-state index is 13.3. The molecule has 0 spiro atoms. The standard InChI is InChI=1S/C17H10F3N5S/c18-17(19,20)11-3-4-14(25-10-21-9-24-25)13(8-11)15-12(2-1-5-22-15)16-23-6-7-26-16/h1-10H. The monoisotopic (exact) mass is 373 g/mol. The van der Waals surface area contributed by atoms with Gasteiger partial charge < -0.3 is 0 Å². The molecule has 5 nitrogen and oxygen atoms in total. The summed E-state index contributed by atoms with van der Waals surface area (Å²) in [4.78, 5) is 12.5. The normalized spacial score (nSPS) is 11.7. The van der Waals surface area contributed by atoms with Crippen LogP contribution in [0, 0.1) is 0 Å². The van der Waals surface area contributed by atoms with Crippen LogP contribution in [-0.4, -0.2) is 24.7 Å². The van der Waals surface area contributed by atoms with Crippen LogP contribution >= 0.6 is 11.3 Å². The van der Waals surface area contributed by atoms with E-state index < -0.39 is 11.7 Å². The van der Waals surface area contributed by atoms with Gasteiger partial charge in [-0.05, 0) is 30.3 Å². The van der Waals surface area contributed by atoms with Crippen LogP contribution in [0.1, 0.15) is 5.56 Å². The highest BCUT2D eigenvalue weighted by molar-refractivity contribution is 7.13. The van der Waals surface area contributed by atoms with Crippen LogP contribution in [-0.2, 0) is 6.18 Å². The fraction of sp³-hybridized carbons (Fsp3) is 0.0588. The molecule has 0 radical (unpaired) electrons. The first-order valence-electron chi connectivity index (χ1n) is 7.45. The van der Waals surface area contributed by atoms with E-state index in [1.165, 1.54) is 40.9 Å². The summed E-state index contributed by atoms with van der Waals surface area (Å²) >= 11 is 1.39. The van der Waals surface area contributed by atoms with Crippen LogP contribution in [0.3, 0.4) is 0 Å². The predicted octanol–water partition coefficient (Wildman–Crippen LogP) is 4.47. The van der Waals surface area contributed by atoms with Crippen molar-refractivity contribution in [3.8, 4) is 27.5 Å². The zero-order valence-corrected chi connectivity index (χ0v) is 13.9. The highest BCUT2D eigenvalue weighted by Gasteiger charge is 2.32. The van der Waals surface area contributed by atoms with Gasteiger partial charge in [0.15, 0.2) is 0 Å². The summed E-state index contributed by atoms with van der Waals surface area (Å²) < 4.78 is 41.2. The first kappa shape index (κ1) is 16.4. The molecule has 0 N–H and O–H groups in total. The molecule has 0 bridgehead atoms. The minimum absolute atomic E-state index is 0.302. The summed E-state index contributed by atoms with van der Waals surface area (Å²) in [6, 6.07) is 6.98. The molecule has 0 aliphatic heterocycles. The lowest BCUT2D eigenvalue weighted by Crippen LogP contribution is -2.07. The van der Waals surface area contributed by atoms with Gasteiger partial charge >= 0.3 is 6.18 Å². The van der Waals surface area contributed by atoms with E-state index in [0.29, 0.717) is 27.5 Å². The van der Waals surface area contributed by atoms with Gasteiger partial charge in [0.05, 0.1) is 16.9 Å². The van der Waals surface area contributed by atoms with E-state index >= 15 is 0 Å². The van der Waals surface area contributed by atoms with Gasteiger partial charge in [-0.15, -0.1) is 11.3 Å². The highest BCUT2D eigenvalue weighted by atomic mass is 32.1. The maximum atomic E-state index is 13.3. The Kier molecular flexibility index (Phi) is 4.00. The molecule has 26 heavy (non-hydrogen) atoms. The quantitative estimate of drug-likeness (QED) is 0.532. The van der Waals surface area contributed by atoms with E-state index in [2.05, 4.69) is 20.1 Å². The summed E-state index contributed by atoms with van der Waals surface area (Å²) in [6.45, 7) is 0. The first-order chi connectivity index (χ1) is 12.5. The third kappa shape index (κ3) is 2.97. The van der Waals surface area contributed by atoms with Gasteiger partial charge in [0, 0.05) is 28.9 Å². The molecule has 0 aliphatic carbocycles. The number of halogens is 3. The Bertz CT molecular complexity index is 1030. The van der Waals surface area contributed by atoms with Crippen LogP contribution in [0.25, 0.3) is 27.5 Å². The summed E-state index contributed by atoms with van der Waals surface area (Å²) in [6.07, 6.45) is 1.46. The van der Waals surface area contributed by atoms with E-state index in [4.69, 9.17) is 0 Å². The summed E-state index contributed by atoms with van der Waals surface area (Å²) in [5.74, 6) is 0. The fourth-order valence-corrected chi connectivity index (χ4v) is 3.25. The number of hydrogen-bond donors (Lipinski definition) is 0. The van der Waals surface area contributed by atoms with Crippen molar-refractivity contribution in [3.05, 3.63) is 66.3 Å². The number of rotatable bonds is 3. The van der Waals surface area contributed by atoms with Gasteiger partial charge in [0.2, 0.25) is 0 Å². The lowest BCUT2D eigenvalue weighted by atomic mass is 10.0. The van der Waals surface area contributed by atoms with E-state index in [-0.39, 0.29) is 0 Å². The number of pyridine rings is 1. The first-order valence-corrected chi connectivity index (χ1v) is 8.33. The lowest BCUT2D eigenvalue weighted by Gasteiger charge is -2.15. The van der Waals surface area contributed by atoms with Crippen molar-refractivity contribution in [3.63, 3.8) is 0 Å². The molecule has 1 aromatic carbocycles.